The molecule has 0 rings (SSSR count). The lowest BCUT2D eigenvalue weighted by atomic mass is 9.97. The summed E-state index contributed by atoms with van der Waals surface area (Å²) in [6, 6.07) is 0. The van der Waals surface area contributed by atoms with E-state index in [-0.39, 0.29) is 0 Å². The predicted octanol–water partition coefficient (Wildman–Crippen LogP) is 6.98. The van der Waals surface area contributed by atoms with Gasteiger partial charge in [-0.25, -0.2) is 0 Å². The largest absolute Gasteiger partial charge is 0.0654 e. The van der Waals surface area contributed by atoms with Crippen molar-refractivity contribution in [2.75, 3.05) is 0 Å². The van der Waals surface area contributed by atoms with Gasteiger partial charge in [-0.15, -0.1) is 0 Å². The van der Waals surface area contributed by atoms with Gasteiger partial charge in [0.25, 0.3) is 0 Å². The second-order valence-electron chi connectivity index (χ2n) is 6.69. The van der Waals surface area contributed by atoms with Crippen LogP contribution < -0.4 is 0 Å². The van der Waals surface area contributed by atoms with E-state index in [4.69, 9.17) is 0 Å². The van der Waals surface area contributed by atoms with E-state index in [2.05, 4.69) is 27.7 Å². The topological polar surface area (TPSA) is 0 Å². The van der Waals surface area contributed by atoms with Crippen LogP contribution in [-0.4, -0.2) is 0 Å². The summed E-state index contributed by atoms with van der Waals surface area (Å²) in [7, 11) is 0. The lowest BCUT2D eigenvalue weighted by Crippen LogP contribution is -1.93. The molecule has 0 saturated carbocycles. The van der Waals surface area contributed by atoms with Crippen molar-refractivity contribution in [1.29, 1.82) is 0 Å². The van der Waals surface area contributed by atoms with Gasteiger partial charge in [0.2, 0.25) is 0 Å². The summed E-state index contributed by atoms with van der Waals surface area (Å²) in [5.41, 5.74) is 0. The molecule has 0 aromatic carbocycles. The highest BCUT2D eigenvalue weighted by molar-refractivity contribution is 4.54. The molecule has 0 bridgehead atoms. The van der Waals surface area contributed by atoms with Gasteiger partial charge in [0, 0.05) is 0 Å². The first-order valence-corrected chi connectivity index (χ1v) is 8.66. The van der Waals surface area contributed by atoms with Crippen molar-refractivity contribution in [3.05, 3.63) is 0 Å². The summed E-state index contributed by atoms with van der Waals surface area (Å²) >= 11 is 0. The minimum absolute atomic E-state index is 0.898. The molecule has 0 heteroatoms. The molecule has 110 valence electrons. The molecule has 0 amide bonds. The smallest absolute Gasteiger partial charge is 0.0443 e. The molecule has 0 aliphatic rings. The SMILES string of the molecule is CCCC(C)CCCCCCCCCCC(C)C. The summed E-state index contributed by atoms with van der Waals surface area (Å²) in [6.07, 6.45) is 17.4. The van der Waals surface area contributed by atoms with Crippen LogP contribution in [0.5, 0.6) is 0 Å². The highest BCUT2D eigenvalue weighted by atomic mass is 14.1. The lowest BCUT2D eigenvalue weighted by Gasteiger charge is -2.09. The van der Waals surface area contributed by atoms with Crippen molar-refractivity contribution in [1.82, 2.24) is 0 Å². The van der Waals surface area contributed by atoms with Crippen LogP contribution >= 0.6 is 0 Å². The highest BCUT2D eigenvalue weighted by Crippen LogP contribution is 2.16. The average molecular weight is 255 g/mol. The molecular formula is C18H38. The van der Waals surface area contributed by atoms with Gasteiger partial charge < -0.3 is 0 Å². The Labute approximate surface area is 117 Å². The fourth-order valence-corrected chi connectivity index (χ4v) is 2.74. The first-order valence-electron chi connectivity index (χ1n) is 8.66. The van der Waals surface area contributed by atoms with Crippen LogP contribution in [0.2, 0.25) is 0 Å². The van der Waals surface area contributed by atoms with Gasteiger partial charge in [-0.3, -0.25) is 0 Å². The zero-order valence-corrected chi connectivity index (χ0v) is 13.6. The summed E-state index contributed by atoms with van der Waals surface area (Å²) < 4.78 is 0. The third kappa shape index (κ3) is 14.1. The fraction of sp³-hybridized carbons (Fsp3) is 1.00. The first kappa shape index (κ1) is 18.0. The third-order valence-corrected chi connectivity index (χ3v) is 4.01. The van der Waals surface area contributed by atoms with Gasteiger partial charge in [-0.05, 0) is 11.8 Å². The predicted molar refractivity (Wildman–Crippen MR) is 85.1 cm³/mol. The molecule has 0 heterocycles. The van der Waals surface area contributed by atoms with Gasteiger partial charge in [-0.2, -0.15) is 0 Å². The maximum Gasteiger partial charge on any atom is -0.0443 e. The normalized spacial score (nSPS) is 13.2. The van der Waals surface area contributed by atoms with E-state index in [0.717, 1.165) is 11.8 Å². The van der Waals surface area contributed by atoms with E-state index >= 15 is 0 Å². The average Bonchev–Trinajstić information content (AvgIpc) is 2.31. The molecule has 0 nitrogen and oxygen atoms in total. The zero-order valence-electron chi connectivity index (χ0n) is 13.6. The number of hydrogen-bond donors (Lipinski definition) is 0. The maximum atomic E-state index is 2.41. The van der Waals surface area contributed by atoms with Crippen LogP contribution in [0.25, 0.3) is 0 Å². The summed E-state index contributed by atoms with van der Waals surface area (Å²) in [5, 5.41) is 0. The standard InChI is InChI=1S/C18H38/c1-5-14-18(4)16-13-11-9-7-6-8-10-12-15-17(2)3/h17-18H,5-16H2,1-4H3. The van der Waals surface area contributed by atoms with E-state index in [9.17, 15) is 0 Å². The van der Waals surface area contributed by atoms with Gasteiger partial charge in [0.05, 0.1) is 0 Å². The lowest BCUT2D eigenvalue weighted by molar-refractivity contribution is 0.449. The second-order valence-corrected chi connectivity index (χ2v) is 6.69. The fourth-order valence-electron chi connectivity index (χ4n) is 2.74. The molecule has 0 fully saturated rings. The van der Waals surface area contributed by atoms with Gasteiger partial charge >= 0.3 is 0 Å². The van der Waals surface area contributed by atoms with Crippen LogP contribution in [0.15, 0.2) is 0 Å². The molecule has 18 heavy (non-hydrogen) atoms. The quantitative estimate of drug-likeness (QED) is 0.311. The van der Waals surface area contributed by atoms with Crippen LogP contribution in [0.3, 0.4) is 0 Å². The molecule has 0 radical (unpaired) electrons. The van der Waals surface area contributed by atoms with Crippen LogP contribution in [0.1, 0.15) is 105 Å². The van der Waals surface area contributed by atoms with Crippen LogP contribution in [0, 0.1) is 11.8 Å². The van der Waals surface area contributed by atoms with E-state index in [1.165, 1.54) is 77.0 Å². The monoisotopic (exact) mass is 254 g/mol. The molecule has 0 aromatic heterocycles. The van der Waals surface area contributed by atoms with Gasteiger partial charge in [0.15, 0.2) is 0 Å². The molecule has 0 spiro atoms. The Hall–Kier alpha value is 0. The van der Waals surface area contributed by atoms with Crippen molar-refractivity contribution < 1.29 is 0 Å². The Morgan fingerprint density at radius 2 is 1.00 bits per heavy atom. The Morgan fingerprint density at radius 1 is 0.556 bits per heavy atom. The Bertz CT molecular complexity index is 148. The molecular weight excluding hydrogens is 216 g/mol. The number of unbranched alkanes of at least 4 members (excludes halogenated alkanes) is 7. The molecule has 0 aromatic rings. The molecule has 0 aliphatic carbocycles. The van der Waals surface area contributed by atoms with Crippen molar-refractivity contribution in [3.63, 3.8) is 0 Å². The van der Waals surface area contributed by atoms with E-state index < -0.39 is 0 Å². The molecule has 1 atom stereocenters. The van der Waals surface area contributed by atoms with Gasteiger partial charge in [0.1, 0.15) is 0 Å². The minimum Gasteiger partial charge on any atom is -0.0654 e. The molecule has 0 N–H and O–H groups in total. The Morgan fingerprint density at radius 3 is 1.44 bits per heavy atom. The molecule has 1 unspecified atom stereocenters. The first-order chi connectivity index (χ1) is 8.66. The third-order valence-electron chi connectivity index (χ3n) is 4.01. The van der Waals surface area contributed by atoms with E-state index in [0.29, 0.717) is 0 Å². The van der Waals surface area contributed by atoms with Crippen molar-refractivity contribution in [2.24, 2.45) is 11.8 Å². The van der Waals surface area contributed by atoms with Crippen molar-refractivity contribution in [2.45, 2.75) is 105 Å². The second kappa shape index (κ2) is 13.4. The van der Waals surface area contributed by atoms with Crippen molar-refractivity contribution in [3.8, 4) is 0 Å². The molecule has 0 aliphatic heterocycles. The number of rotatable bonds is 13. The van der Waals surface area contributed by atoms with Gasteiger partial charge in [-0.1, -0.05) is 105 Å². The highest BCUT2D eigenvalue weighted by Gasteiger charge is 2.00. The Balaban J connectivity index is 3.03. The van der Waals surface area contributed by atoms with Crippen molar-refractivity contribution >= 4 is 0 Å². The summed E-state index contributed by atoms with van der Waals surface area (Å²) in [5.74, 6) is 1.86. The zero-order chi connectivity index (χ0) is 13.6. The van der Waals surface area contributed by atoms with Crippen LogP contribution in [-0.2, 0) is 0 Å². The summed E-state index contributed by atoms with van der Waals surface area (Å²) in [6.45, 7) is 9.38. The minimum atomic E-state index is 0.898. The van der Waals surface area contributed by atoms with Crippen LogP contribution in [0.4, 0.5) is 0 Å². The Kier molecular flexibility index (Phi) is 13.4. The number of hydrogen-bond acceptors (Lipinski definition) is 0. The maximum absolute atomic E-state index is 2.41. The summed E-state index contributed by atoms with van der Waals surface area (Å²) in [4.78, 5) is 0. The van der Waals surface area contributed by atoms with E-state index in [1.807, 2.05) is 0 Å². The molecule has 0 saturated heterocycles. The van der Waals surface area contributed by atoms with E-state index in [1.54, 1.807) is 0 Å².